The average molecular weight is 235 g/mol. The van der Waals surface area contributed by atoms with Crippen molar-refractivity contribution in [2.75, 3.05) is 51.3 Å². The van der Waals surface area contributed by atoms with Gasteiger partial charge in [-0.1, -0.05) is 0 Å². The van der Waals surface area contributed by atoms with Crippen LogP contribution in [0.15, 0.2) is 12.3 Å². The third kappa shape index (κ3) is 3.94. The number of ether oxygens (including phenoxy) is 1. The van der Waals surface area contributed by atoms with Crippen LogP contribution in [0.5, 0.6) is 0 Å². The summed E-state index contributed by atoms with van der Waals surface area (Å²) in [4.78, 5) is 12.5. The van der Waals surface area contributed by atoms with E-state index < -0.39 is 0 Å². The maximum absolute atomic E-state index is 5.32. The Kier molecular flexibility index (Phi) is 4.70. The molecule has 0 amide bonds. The van der Waals surface area contributed by atoms with E-state index in [0.29, 0.717) is 0 Å². The summed E-state index contributed by atoms with van der Waals surface area (Å²) in [6.45, 7) is 5.99. The van der Waals surface area contributed by atoms with Gasteiger partial charge in [0.05, 0.1) is 13.2 Å². The first kappa shape index (κ1) is 12.3. The molecule has 1 radical (unpaired) electrons. The van der Waals surface area contributed by atoms with Crippen LogP contribution in [0, 0.1) is 6.33 Å². The molecule has 1 aromatic rings. The molecule has 2 heterocycles. The molecule has 1 aliphatic rings. The molecule has 1 saturated heterocycles. The van der Waals surface area contributed by atoms with Gasteiger partial charge in [0.2, 0.25) is 0 Å². The van der Waals surface area contributed by atoms with Crippen molar-refractivity contribution in [3.05, 3.63) is 18.6 Å². The summed E-state index contributed by atoms with van der Waals surface area (Å²) in [6, 6.07) is 1.91. The summed E-state index contributed by atoms with van der Waals surface area (Å²) in [6.07, 6.45) is 5.48. The smallest absolute Gasteiger partial charge is 0.199 e. The molecule has 2 rings (SSSR count). The highest BCUT2D eigenvalue weighted by Gasteiger charge is 2.10. The van der Waals surface area contributed by atoms with E-state index in [1.165, 1.54) is 0 Å². The fourth-order valence-corrected chi connectivity index (χ4v) is 1.94. The molecule has 1 fully saturated rings. The monoisotopic (exact) mass is 235 g/mol. The number of nitrogens with zero attached hydrogens (tertiary/aromatic N) is 4. The van der Waals surface area contributed by atoms with Crippen LogP contribution in [-0.2, 0) is 4.74 Å². The van der Waals surface area contributed by atoms with E-state index in [4.69, 9.17) is 4.74 Å². The van der Waals surface area contributed by atoms with E-state index in [2.05, 4.69) is 33.1 Å². The lowest BCUT2D eigenvalue weighted by molar-refractivity contribution is 0.0377. The van der Waals surface area contributed by atoms with Gasteiger partial charge < -0.3 is 9.64 Å². The molecule has 0 saturated carbocycles. The summed E-state index contributed by atoms with van der Waals surface area (Å²) < 4.78 is 5.32. The Labute approximate surface area is 102 Å². The van der Waals surface area contributed by atoms with Gasteiger partial charge in [0.15, 0.2) is 6.33 Å². The topological polar surface area (TPSA) is 41.5 Å². The number of rotatable bonds is 5. The van der Waals surface area contributed by atoms with E-state index in [1.807, 2.05) is 6.07 Å². The van der Waals surface area contributed by atoms with Gasteiger partial charge in [-0.15, -0.1) is 0 Å². The summed E-state index contributed by atoms with van der Waals surface area (Å²) in [5.74, 6) is 0.932. The predicted molar refractivity (Wildman–Crippen MR) is 66.0 cm³/mol. The first-order chi connectivity index (χ1) is 8.36. The van der Waals surface area contributed by atoms with Crippen LogP contribution >= 0.6 is 0 Å². The Bertz CT molecular complexity index is 314. The molecule has 1 aromatic heterocycles. The van der Waals surface area contributed by atoms with Crippen molar-refractivity contribution in [1.82, 2.24) is 14.9 Å². The lowest BCUT2D eigenvalue weighted by Gasteiger charge is -2.27. The Morgan fingerprint density at radius 3 is 3.00 bits per heavy atom. The average Bonchev–Trinajstić information content (AvgIpc) is 2.41. The lowest BCUT2D eigenvalue weighted by Crippen LogP contribution is -2.37. The van der Waals surface area contributed by atoms with Gasteiger partial charge >= 0.3 is 0 Å². The van der Waals surface area contributed by atoms with Gasteiger partial charge in [-0.25, -0.2) is 9.97 Å². The molecule has 0 N–H and O–H groups in total. The fourth-order valence-electron chi connectivity index (χ4n) is 1.94. The van der Waals surface area contributed by atoms with Crippen molar-refractivity contribution in [2.24, 2.45) is 0 Å². The van der Waals surface area contributed by atoms with Crippen LogP contribution < -0.4 is 4.90 Å². The summed E-state index contributed by atoms with van der Waals surface area (Å²) >= 11 is 0. The number of hydrogen-bond donors (Lipinski definition) is 0. The van der Waals surface area contributed by atoms with E-state index in [-0.39, 0.29) is 0 Å². The van der Waals surface area contributed by atoms with Crippen LogP contribution in [0.2, 0.25) is 0 Å². The Morgan fingerprint density at radius 2 is 2.29 bits per heavy atom. The molecule has 0 aromatic carbocycles. The Hall–Kier alpha value is -1.20. The van der Waals surface area contributed by atoms with Crippen LogP contribution in [0.4, 0.5) is 5.82 Å². The molecule has 0 aliphatic carbocycles. The SMILES string of the molecule is CN(CCCN1CCOCC1)c1ccn[c]n1. The van der Waals surface area contributed by atoms with Gasteiger partial charge in [-0.05, 0) is 12.5 Å². The lowest BCUT2D eigenvalue weighted by atomic mass is 10.3. The predicted octanol–water partition coefficient (Wildman–Crippen LogP) is 0.435. The zero-order valence-corrected chi connectivity index (χ0v) is 10.3. The first-order valence-electron chi connectivity index (χ1n) is 6.06. The number of anilines is 1. The molecule has 0 bridgehead atoms. The molecule has 5 heteroatoms. The third-order valence-corrected chi connectivity index (χ3v) is 2.98. The normalized spacial score (nSPS) is 17.0. The minimum atomic E-state index is 0.872. The largest absolute Gasteiger partial charge is 0.379 e. The second-order valence-corrected chi connectivity index (χ2v) is 4.24. The van der Waals surface area contributed by atoms with Crippen LogP contribution in [0.25, 0.3) is 0 Å². The maximum atomic E-state index is 5.32. The molecule has 0 spiro atoms. The van der Waals surface area contributed by atoms with Gasteiger partial charge in [-0.2, -0.15) is 0 Å². The highest BCUT2D eigenvalue weighted by atomic mass is 16.5. The zero-order chi connectivity index (χ0) is 11.9. The van der Waals surface area contributed by atoms with Gasteiger partial charge in [0, 0.05) is 39.4 Å². The number of morpholine rings is 1. The van der Waals surface area contributed by atoms with Crippen LogP contribution in [0.1, 0.15) is 6.42 Å². The van der Waals surface area contributed by atoms with Gasteiger partial charge in [0.25, 0.3) is 0 Å². The standard InChI is InChI=1S/C12H19N4O/c1-15(12-3-4-13-11-14-12)5-2-6-16-7-9-17-10-8-16/h3-4H,2,5-10H2,1H3. The van der Waals surface area contributed by atoms with Crippen molar-refractivity contribution in [2.45, 2.75) is 6.42 Å². The van der Waals surface area contributed by atoms with Crippen molar-refractivity contribution >= 4 is 5.82 Å². The number of aromatic nitrogens is 2. The summed E-state index contributed by atoms with van der Waals surface area (Å²) in [7, 11) is 2.05. The van der Waals surface area contributed by atoms with Crippen LogP contribution in [0.3, 0.4) is 0 Å². The van der Waals surface area contributed by atoms with Crippen LogP contribution in [-0.4, -0.2) is 61.3 Å². The highest BCUT2D eigenvalue weighted by Crippen LogP contribution is 2.06. The number of hydrogen-bond acceptors (Lipinski definition) is 5. The van der Waals surface area contributed by atoms with E-state index >= 15 is 0 Å². The first-order valence-corrected chi connectivity index (χ1v) is 6.06. The van der Waals surface area contributed by atoms with Crippen molar-refractivity contribution < 1.29 is 4.74 Å². The van der Waals surface area contributed by atoms with Gasteiger partial charge in [0.1, 0.15) is 5.82 Å². The molecular weight excluding hydrogens is 216 g/mol. The fraction of sp³-hybridized carbons (Fsp3) is 0.667. The maximum Gasteiger partial charge on any atom is 0.199 e. The van der Waals surface area contributed by atoms with Crippen molar-refractivity contribution in [3.63, 3.8) is 0 Å². The van der Waals surface area contributed by atoms with E-state index in [1.54, 1.807) is 6.20 Å². The minimum Gasteiger partial charge on any atom is -0.379 e. The van der Waals surface area contributed by atoms with Crippen molar-refractivity contribution in [3.8, 4) is 0 Å². The molecule has 5 nitrogen and oxygen atoms in total. The molecule has 1 aliphatic heterocycles. The molecule has 17 heavy (non-hydrogen) atoms. The highest BCUT2D eigenvalue weighted by molar-refractivity contribution is 5.34. The van der Waals surface area contributed by atoms with E-state index in [0.717, 1.165) is 51.6 Å². The molecule has 0 unspecified atom stereocenters. The summed E-state index contributed by atoms with van der Waals surface area (Å²) in [5, 5.41) is 0. The van der Waals surface area contributed by atoms with Crippen molar-refractivity contribution in [1.29, 1.82) is 0 Å². The second kappa shape index (κ2) is 6.51. The molecule has 0 atom stereocenters. The minimum absolute atomic E-state index is 0.872. The van der Waals surface area contributed by atoms with Gasteiger partial charge in [-0.3, -0.25) is 4.90 Å². The zero-order valence-electron chi connectivity index (χ0n) is 10.3. The van der Waals surface area contributed by atoms with E-state index in [9.17, 15) is 0 Å². The Balaban J connectivity index is 1.67. The molecular formula is C12H19N4O. The Morgan fingerprint density at radius 1 is 1.47 bits per heavy atom. The third-order valence-electron chi connectivity index (χ3n) is 2.98. The quantitative estimate of drug-likeness (QED) is 0.740. The second-order valence-electron chi connectivity index (χ2n) is 4.24. The molecule has 93 valence electrons. The summed E-state index contributed by atoms with van der Waals surface area (Å²) in [5.41, 5.74) is 0.